The Hall–Kier alpha value is -3.76. The average molecular weight is 498 g/mol. The number of rotatable bonds is 11. The molecule has 1 fully saturated rings. The van der Waals surface area contributed by atoms with E-state index in [1.165, 1.54) is 0 Å². The van der Waals surface area contributed by atoms with Crippen molar-refractivity contribution in [1.82, 2.24) is 15.5 Å². The summed E-state index contributed by atoms with van der Waals surface area (Å²) in [4.78, 5) is 51.4. The van der Waals surface area contributed by atoms with Gasteiger partial charge in [-0.25, -0.2) is 4.79 Å². The van der Waals surface area contributed by atoms with E-state index < -0.39 is 30.2 Å². The Morgan fingerprint density at radius 1 is 0.972 bits per heavy atom. The number of amides is 3. The molecule has 0 spiro atoms. The molecule has 2 aromatic rings. The van der Waals surface area contributed by atoms with Crippen LogP contribution >= 0.6 is 0 Å². The van der Waals surface area contributed by atoms with Crippen LogP contribution in [0, 0.1) is 0 Å². The van der Waals surface area contributed by atoms with Crippen molar-refractivity contribution in [3.05, 3.63) is 71.8 Å². The zero-order valence-electron chi connectivity index (χ0n) is 19.9. The van der Waals surface area contributed by atoms with E-state index in [2.05, 4.69) is 10.6 Å². The molecule has 3 N–H and O–H groups in total. The maximum atomic E-state index is 13.2. The van der Waals surface area contributed by atoms with E-state index in [4.69, 9.17) is 9.47 Å². The van der Waals surface area contributed by atoms with Gasteiger partial charge in [-0.1, -0.05) is 60.7 Å². The van der Waals surface area contributed by atoms with Gasteiger partial charge in [0.1, 0.15) is 18.8 Å². The number of ether oxygens (including phenoxy) is 2. The van der Waals surface area contributed by atoms with Crippen molar-refractivity contribution in [2.45, 2.75) is 37.6 Å². The molecule has 3 rings (SSSR count). The third-order valence-electron chi connectivity index (χ3n) is 5.74. The van der Waals surface area contributed by atoms with Crippen molar-refractivity contribution in [3.8, 4) is 0 Å². The van der Waals surface area contributed by atoms with Gasteiger partial charge in [-0.2, -0.15) is 0 Å². The lowest BCUT2D eigenvalue weighted by molar-refractivity contribution is -0.138. The summed E-state index contributed by atoms with van der Waals surface area (Å²) in [5.41, 5.74) is 1.55. The predicted molar refractivity (Wildman–Crippen MR) is 130 cm³/mol. The van der Waals surface area contributed by atoms with Gasteiger partial charge in [0.2, 0.25) is 11.8 Å². The molecule has 0 saturated carbocycles. The van der Waals surface area contributed by atoms with Crippen LogP contribution in [0.3, 0.4) is 0 Å². The molecule has 1 aliphatic heterocycles. The van der Waals surface area contributed by atoms with Crippen molar-refractivity contribution in [1.29, 1.82) is 0 Å². The molecule has 1 aliphatic rings. The molecule has 2 aromatic carbocycles. The SMILES string of the molecule is O=CC(O)C(Cc1ccccc1)NC(=O)[C@H](CC(=O)N1CCOCC1)NC(=O)OCc1ccccc1. The quantitative estimate of drug-likeness (QED) is 0.391. The van der Waals surface area contributed by atoms with Crippen LogP contribution in [0.2, 0.25) is 0 Å². The maximum absolute atomic E-state index is 13.2. The fourth-order valence-electron chi connectivity index (χ4n) is 3.74. The van der Waals surface area contributed by atoms with Crippen LogP contribution in [0.4, 0.5) is 4.79 Å². The van der Waals surface area contributed by atoms with E-state index in [1.807, 2.05) is 12.1 Å². The molecule has 1 saturated heterocycles. The van der Waals surface area contributed by atoms with Crippen LogP contribution < -0.4 is 10.6 Å². The van der Waals surface area contributed by atoms with Gasteiger partial charge in [-0.05, 0) is 17.5 Å². The number of carbonyl (C=O) groups is 4. The molecule has 10 heteroatoms. The molecule has 36 heavy (non-hydrogen) atoms. The number of hydrogen-bond acceptors (Lipinski definition) is 7. The standard InChI is InChI=1S/C26H31N3O7/c30-17-23(31)21(15-19-7-3-1-4-8-19)27-25(33)22(16-24(32)29-11-13-35-14-12-29)28-26(34)36-18-20-9-5-2-6-10-20/h1-10,17,21-23,31H,11-16,18H2,(H,27,33)(H,28,34)/t21?,22-,23?/m0/s1. The molecule has 2 unspecified atom stereocenters. The van der Waals surface area contributed by atoms with Crippen LogP contribution in [0.25, 0.3) is 0 Å². The largest absolute Gasteiger partial charge is 0.445 e. The van der Waals surface area contributed by atoms with E-state index in [0.29, 0.717) is 32.6 Å². The Kier molecular flexibility index (Phi) is 10.4. The smallest absolute Gasteiger partial charge is 0.408 e. The Balaban J connectivity index is 1.69. The lowest BCUT2D eigenvalue weighted by Crippen LogP contribution is -2.55. The first-order valence-electron chi connectivity index (χ1n) is 11.8. The molecule has 0 radical (unpaired) electrons. The van der Waals surface area contributed by atoms with Crippen LogP contribution in [0.15, 0.2) is 60.7 Å². The van der Waals surface area contributed by atoms with Crippen LogP contribution in [-0.2, 0) is 36.9 Å². The van der Waals surface area contributed by atoms with E-state index in [-0.39, 0.29) is 25.4 Å². The minimum absolute atomic E-state index is 0.0150. The van der Waals surface area contributed by atoms with Crippen molar-refractivity contribution in [2.24, 2.45) is 0 Å². The first-order chi connectivity index (χ1) is 17.5. The highest BCUT2D eigenvalue weighted by Crippen LogP contribution is 2.09. The fourth-order valence-corrected chi connectivity index (χ4v) is 3.74. The first kappa shape index (κ1) is 26.8. The summed E-state index contributed by atoms with van der Waals surface area (Å²) in [6, 6.07) is 15.8. The number of benzene rings is 2. The van der Waals surface area contributed by atoms with Gasteiger partial charge < -0.3 is 34.9 Å². The summed E-state index contributed by atoms with van der Waals surface area (Å²) >= 11 is 0. The molecular formula is C26H31N3O7. The lowest BCUT2D eigenvalue weighted by Gasteiger charge is -2.29. The van der Waals surface area contributed by atoms with Gasteiger partial charge in [0.15, 0.2) is 6.29 Å². The zero-order valence-corrected chi connectivity index (χ0v) is 19.9. The molecule has 3 amide bonds. The maximum Gasteiger partial charge on any atom is 0.408 e. The molecule has 10 nitrogen and oxygen atoms in total. The lowest BCUT2D eigenvalue weighted by atomic mass is 10.0. The van der Waals surface area contributed by atoms with Crippen molar-refractivity contribution in [3.63, 3.8) is 0 Å². The van der Waals surface area contributed by atoms with Crippen molar-refractivity contribution in [2.75, 3.05) is 26.3 Å². The zero-order chi connectivity index (χ0) is 25.8. The van der Waals surface area contributed by atoms with Gasteiger partial charge in [0.05, 0.1) is 25.7 Å². The molecule has 0 aliphatic carbocycles. The Bertz CT molecular complexity index is 997. The van der Waals surface area contributed by atoms with Gasteiger partial charge in [0.25, 0.3) is 0 Å². The summed E-state index contributed by atoms with van der Waals surface area (Å²) in [6.45, 7) is 1.52. The summed E-state index contributed by atoms with van der Waals surface area (Å²) in [5.74, 6) is -1.05. The van der Waals surface area contributed by atoms with E-state index >= 15 is 0 Å². The molecule has 0 bridgehead atoms. The average Bonchev–Trinajstić information content (AvgIpc) is 2.92. The molecule has 1 heterocycles. The van der Waals surface area contributed by atoms with E-state index in [1.54, 1.807) is 53.4 Å². The van der Waals surface area contributed by atoms with Crippen molar-refractivity contribution < 1.29 is 33.8 Å². The van der Waals surface area contributed by atoms with Crippen LogP contribution in [0.1, 0.15) is 17.5 Å². The Morgan fingerprint density at radius 2 is 1.58 bits per heavy atom. The van der Waals surface area contributed by atoms with Crippen LogP contribution in [-0.4, -0.2) is 78.7 Å². The third kappa shape index (κ3) is 8.47. The van der Waals surface area contributed by atoms with E-state index in [9.17, 15) is 24.3 Å². The monoisotopic (exact) mass is 497 g/mol. The number of alkyl carbamates (subject to hydrolysis) is 1. The predicted octanol–water partition coefficient (Wildman–Crippen LogP) is 0.818. The summed E-state index contributed by atoms with van der Waals surface area (Å²) in [6.07, 6.45) is -2.15. The molecule has 3 atom stereocenters. The van der Waals surface area contributed by atoms with Gasteiger partial charge in [0, 0.05) is 13.1 Å². The molecular weight excluding hydrogens is 466 g/mol. The second-order valence-electron chi connectivity index (χ2n) is 8.39. The normalized spacial score (nSPS) is 15.8. The van der Waals surface area contributed by atoms with Crippen LogP contribution in [0.5, 0.6) is 0 Å². The second-order valence-corrected chi connectivity index (χ2v) is 8.39. The number of morpholine rings is 1. The Labute approximate surface area is 209 Å². The number of hydrogen-bond donors (Lipinski definition) is 3. The van der Waals surface area contributed by atoms with Gasteiger partial charge in [-0.15, -0.1) is 0 Å². The van der Waals surface area contributed by atoms with E-state index in [0.717, 1.165) is 11.1 Å². The highest BCUT2D eigenvalue weighted by atomic mass is 16.5. The summed E-state index contributed by atoms with van der Waals surface area (Å²) in [7, 11) is 0. The highest BCUT2D eigenvalue weighted by molar-refractivity contribution is 5.91. The number of aliphatic hydroxyl groups is 1. The minimum Gasteiger partial charge on any atom is -0.445 e. The van der Waals surface area contributed by atoms with Crippen molar-refractivity contribution >= 4 is 24.2 Å². The number of aldehydes is 1. The topological polar surface area (TPSA) is 134 Å². The number of aliphatic hydroxyl groups excluding tert-OH is 1. The summed E-state index contributed by atoms with van der Waals surface area (Å²) < 4.78 is 10.5. The molecule has 192 valence electrons. The third-order valence-corrected chi connectivity index (χ3v) is 5.74. The molecule has 0 aromatic heterocycles. The number of nitrogens with zero attached hydrogens (tertiary/aromatic N) is 1. The second kappa shape index (κ2) is 14.0. The van der Waals surface area contributed by atoms with Gasteiger partial charge in [-0.3, -0.25) is 9.59 Å². The highest BCUT2D eigenvalue weighted by Gasteiger charge is 2.31. The number of carbonyl (C=O) groups excluding carboxylic acids is 4. The Morgan fingerprint density at radius 3 is 2.19 bits per heavy atom. The number of nitrogens with one attached hydrogen (secondary N) is 2. The summed E-state index contributed by atoms with van der Waals surface area (Å²) in [5, 5.41) is 15.3. The fraction of sp³-hybridized carbons (Fsp3) is 0.385. The minimum atomic E-state index is -1.48. The van der Waals surface area contributed by atoms with Gasteiger partial charge >= 0.3 is 6.09 Å². The first-order valence-corrected chi connectivity index (χ1v) is 11.8.